The van der Waals surface area contributed by atoms with Crippen LogP contribution >= 0.6 is 0 Å². The molecule has 0 bridgehead atoms. The van der Waals surface area contributed by atoms with Crippen LogP contribution in [0.2, 0.25) is 0 Å². The van der Waals surface area contributed by atoms with Crippen molar-refractivity contribution in [3.05, 3.63) is 35.1 Å². The SMILES string of the molecule is CNC(c1cc(C)ccc1F)C1CCCCCCC1. The molecule has 2 heteroatoms. The van der Waals surface area contributed by atoms with Gasteiger partial charge in [0.1, 0.15) is 5.82 Å². The van der Waals surface area contributed by atoms with Crippen LogP contribution in [-0.4, -0.2) is 7.05 Å². The molecule has 0 radical (unpaired) electrons. The molecule has 0 aliphatic heterocycles. The van der Waals surface area contributed by atoms with Gasteiger partial charge in [-0.25, -0.2) is 4.39 Å². The van der Waals surface area contributed by atoms with Crippen molar-refractivity contribution in [3.8, 4) is 0 Å². The Hall–Kier alpha value is -0.890. The summed E-state index contributed by atoms with van der Waals surface area (Å²) in [6.07, 6.45) is 9.06. The van der Waals surface area contributed by atoms with E-state index in [1.165, 1.54) is 44.9 Å². The molecule has 2 rings (SSSR count). The van der Waals surface area contributed by atoms with E-state index >= 15 is 0 Å². The number of rotatable bonds is 3. The fourth-order valence-electron chi connectivity index (χ4n) is 3.37. The van der Waals surface area contributed by atoms with Gasteiger partial charge in [-0.3, -0.25) is 0 Å². The number of halogens is 1. The van der Waals surface area contributed by atoms with E-state index in [1.54, 1.807) is 6.07 Å². The molecule has 1 saturated carbocycles. The Morgan fingerprint density at radius 1 is 1.11 bits per heavy atom. The summed E-state index contributed by atoms with van der Waals surface area (Å²) in [4.78, 5) is 0. The minimum Gasteiger partial charge on any atom is -0.313 e. The van der Waals surface area contributed by atoms with Gasteiger partial charge in [-0.2, -0.15) is 0 Å². The summed E-state index contributed by atoms with van der Waals surface area (Å²) >= 11 is 0. The van der Waals surface area contributed by atoms with Gasteiger partial charge in [-0.1, -0.05) is 49.8 Å². The van der Waals surface area contributed by atoms with Gasteiger partial charge in [0, 0.05) is 11.6 Å². The van der Waals surface area contributed by atoms with Crippen molar-refractivity contribution in [3.63, 3.8) is 0 Å². The predicted octanol–water partition coefficient (Wildman–Crippen LogP) is 4.76. The maximum Gasteiger partial charge on any atom is 0.128 e. The molecule has 0 spiro atoms. The summed E-state index contributed by atoms with van der Waals surface area (Å²) in [7, 11) is 1.96. The first-order valence-corrected chi connectivity index (χ1v) is 7.65. The van der Waals surface area contributed by atoms with Crippen LogP contribution in [0.25, 0.3) is 0 Å². The Kier molecular flexibility index (Phi) is 5.38. The van der Waals surface area contributed by atoms with E-state index in [-0.39, 0.29) is 11.9 Å². The normalized spacial score (nSPS) is 19.7. The molecule has 1 aromatic rings. The fraction of sp³-hybridized carbons (Fsp3) is 0.647. The molecule has 1 aliphatic rings. The summed E-state index contributed by atoms with van der Waals surface area (Å²) in [5.74, 6) is 0.508. The number of hydrogen-bond donors (Lipinski definition) is 1. The van der Waals surface area contributed by atoms with E-state index in [2.05, 4.69) is 5.32 Å². The summed E-state index contributed by atoms with van der Waals surface area (Å²) in [6.45, 7) is 2.04. The molecule has 106 valence electrons. The van der Waals surface area contributed by atoms with Crippen molar-refractivity contribution in [1.82, 2.24) is 5.32 Å². The Balaban J connectivity index is 2.19. The van der Waals surface area contributed by atoms with Crippen molar-refractivity contribution in [1.29, 1.82) is 0 Å². The standard InChI is InChI=1S/C17H26FN/c1-13-10-11-16(18)15(12-13)17(19-2)14-8-6-4-3-5-7-9-14/h10-12,14,17,19H,3-9H2,1-2H3. The Morgan fingerprint density at radius 2 is 1.74 bits per heavy atom. The van der Waals surface area contributed by atoms with Crippen molar-refractivity contribution in [2.24, 2.45) is 5.92 Å². The first kappa shape index (κ1) is 14.5. The third-order valence-corrected chi connectivity index (χ3v) is 4.42. The van der Waals surface area contributed by atoms with Gasteiger partial charge in [-0.15, -0.1) is 0 Å². The predicted molar refractivity (Wildman–Crippen MR) is 78.7 cm³/mol. The largest absolute Gasteiger partial charge is 0.313 e. The molecule has 19 heavy (non-hydrogen) atoms. The van der Waals surface area contributed by atoms with Gasteiger partial charge < -0.3 is 5.32 Å². The summed E-state index contributed by atoms with van der Waals surface area (Å²) < 4.78 is 14.1. The summed E-state index contributed by atoms with van der Waals surface area (Å²) in [6, 6.07) is 5.63. The van der Waals surface area contributed by atoms with Crippen LogP contribution in [0.3, 0.4) is 0 Å². The molecule has 1 aliphatic carbocycles. The van der Waals surface area contributed by atoms with Gasteiger partial charge in [-0.05, 0) is 38.8 Å². The third-order valence-electron chi connectivity index (χ3n) is 4.42. The zero-order valence-corrected chi connectivity index (χ0v) is 12.2. The van der Waals surface area contributed by atoms with Crippen LogP contribution in [-0.2, 0) is 0 Å². The van der Waals surface area contributed by atoms with Crippen molar-refractivity contribution in [2.45, 2.75) is 57.9 Å². The lowest BCUT2D eigenvalue weighted by atomic mass is 9.82. The molecule has 0 saturated heterocycles. The second-order valence-corrected chi connectivity index (χ2v) is 5.90. The maximum atomic E-state index is 14.1. The highest BCUT2D eigenvalue weighted by Gasteiger charge is 2.24. The van der Waals surface area contributed by atoms with Crippen LogP contribution in [0, 0.1) is 18.7 Å². The van der Waals surface area contributed by atoms with Crippen molar-refractivity contribution < 1.29 is 4.39 Å². The smallest absolute Gasteiger partial charge is 0.128 e. The average Bonchev–Trinajstić information content (AvgIpc) is 2.36. The molecule has 1 atom stereocenters. The quantitative estimate of drug-likeness (QED) is 0.829. The molecule has 1 nitrogen and oxygen atoms in total. The molecule has 0 amide bonds. The average molecular weight is 263 g/mol. The Bertz CT molecular complexity index is 394. The maximum absolute atomic E-state index is 14.1. The van der Waals surface area contributed by atoms with Crippen molar-refractivity contribution in [2.75, 3.05) is 7.05 Å². The minimum atomic E-state index is -0.0630. The first-order chi connectivity index (χ1) is 9.22. The lowest BCUT2D eigenvalue weighted by molar-refractivity contribution is 0.294. The van der Waals surface area contributed by atoms with E-state index in [1.807, 2.05) is 26.1 Å². The van der Waals surface area contributed by atoms with E-state index in [0.29, 0.717) is 5.92 Å². The zero-order valence-electron chi connectivity index (χ0n) is 12.2. The van der Waals surface area contributed by atoms with Gasteiger partial charge in [0.2, 0.25) is 0 Å². The van der Waals surface area contributed by atoms with Crippen LogP contribution in [0.4, 0.5) is 4.39 Å². The van der Waals surface area contributed by atoms with Crippen LogP contribution in [0.5, 0.6) is 0 Å². The monoisotopic (exact) mass is 263 g/mol. The van der Waals surface area contributed by atoms with E-state index in [4.69, 9.17) is 0 Å². The molecule has 0 aromatic heterocycles. The van der Waals surface area contributed by atoms with E-state index < -0.39 is 0 Å². The number of aryl methyl sites for hydroxylation is 1. The van der Waals surface area contributed by atoms with Gasteiger partial charge >= 0.3 is 0 Å². The topological polar surface area (TPSA) is 12.0 Å². The van der Waals surface area contributed by atoms with Gasteiger partial charge in [0.15, 0.2) is 0 Å². The third kappa shape index (κ3) is 3.79. The lowest BCUT2D eigenvalue weighted by Crippen LogP contribution is -2.27. The number of benzene rings is 1. The van der Waals surface area contributed by atoms with E-state index in [0.717, 1.165) is 11.1 Å². The highest BCUT2D eigenvalue weighted by atomic mass is 19.1. The summed E-state index contributed by atoms with van der Waals surface area (Å²) in [5, 5.41) is 3.36. The molecule has 1 aromatic carbocycles. The van der Waals surface area contributed by atoms with Gasteiger partial charge in [0.05, 0.1) is 0 Å². The highest BCUT2D eigenvalue weighted by molar-refractivity contribution is 5.27. The van der Waals surface area contributed by atoms with Crippen molar-refractivity contribution >= 4 is 0 Å². The summed E-state index contributed by atoms with van der Waals surface area (Å²) in [5.41, 5.74) is 2.00. The first-order valence-electron chi connectivity index (χ1n) is 7.65. The van der Waals surface area contributed by atoms with Crippen LogP contribution in [0.15, 0.2) is 18.2 Å². The molecule has 0 heterocycles. The number of nitrogens with one attached hydrogen (secondary N) is 1. The second kappa shape index (κ2) is 7.04. The Labute approximate surface area is 116 Å². The molecular formula is C17H26FN. The molecule has 1 N–H and O–H groups in total. The molecule has 1 unspecified atom stereocenters. The van der Waals surface area contributed by atoms with Crippen LogP contribution in [0.1, 0.15) is 62.1 Å². The Morgan fingerprint density at radius 3 is 2.37 bits per heavy atom. The molecular weight excluding hydrogens is 237 g/mol. The molecule has 1 fully saturated rings. The highest BCUT2D eigenvalue weighted by Crippen LogP contribution is 2.34. The minimum absolute atomic E-state index is 0.0630. The lowest BCUT2D eigenvalue weighted by Gasteiger charge is -2.29. The fourth-order valence-corrected chi connectivity index (χ4v) is 3.37. The number of hydrogen-bond acceptors (Lipinski definition) is 1. The van der Waals surface area contributed by atoms with Crippen LogP contribution < -0.4 is 5.32 Å². The zero-order chi connectivity index (χ0) is 13.7. The second-order valence-electron chi connectivity index (χ2n) is 5.90. The van der Waals surface area contributed by atoms with E-state index in [9.17, 15) is 4.39 Å². The van der Waals surface area contributed by atoms with Gasteiger partial charge in [0.25, 0.3) is 0 Å².